The second kappa shape index (κ2) is 7.98. The van der Waals surface area contributed by atoms with Gasteiger partial charge in [-0.25, -0.2) is 12.7 Å². The molecule has 2 N–H and O–H groups in total. The van der Waals surface area contributed by atoms with Crippen molar-refractivity contribution in [1.29, 1.82) is 0 Å². The van der Waals surface area contributed by atoms with Gasteiger partial charge >= 0.3 is 0 Å². The number of piperidine rings is 1. The van der Waals surface area contributed by atoms with E-state index >= 15 is 0 Å². The van der Waals surface area contributed by atoms with E-state index in [1.165, 1.54) is 0 Å². The second-order valence-corrected chi connectivity index (χ2v) is 7.22. The van der Waals surface area contributed by atoms with E-state index in [1.54, 1.807) is 4.31 Å². The normalized spacial score (nSPS) is 17.6. The highest BCUT2D eigenvalue weighted by Crippen LogP contribution is 2.19. The van der Waals surface area contributed by atoms with Crippen molar-refractivity contribution >= 4 is 22.4 Å². The molecule has 0 atom stereocenters. The van der Waals surface area contributed by atoms with E-state index in [-0.39, 0.29) is 18.2 Å². The van der Waals surface area contributed by atoms with Gasteiger partial charge in [-0.3, -0.25) is 0 Å². The van der Waals surface area contributed by atoms with Crippen LogP contribution < -0.4 is 5.73 Å². The second-order valence-electron chi connectivity index (χ2n) is 5.13. The van der Waals surface area contributed by atoms with E-state index in [1.807, 2.05) is 30.3 Å². The summed E-state index contributed by atoms with van der Waals surface area (Å²) in [4.78, 5) is 0. The minimum Gasteiger partial charge on any atom is -0.330 e. The molecule has 0 unspecified atom stereocenters. The number of nitrogens with two attached hydrogens (primary N) is 1. The SMILES string of the molecule is Cl.NCC1CCN(S(=O)(=O)CCc2ccccc2)CC1. The molecule has 0 saturated carbocycles. The summed E-state index contributed by atoms with van der Waals surface area (Å²) < 4.78 is 26.1. The van der Waals surface area contributed by atoms with E-state index in [2.05, 4.69) is 0 Å². The lowest BCUT2D eigenvalue weighted by atomic mass is 9.99. The van der Waals surface area contributed by atoms with Gasteiger partial charge in [0.25, 0.3) is 0 Å². The summed E-state index contributed by atoms with van der Waals surface area (Å²) >= 11 is 0. The summed E-state index contributed by atoms with van der Waals surface area (Å²) in [6.45, 7) is 1.91. The van der Waals surface area contributed by atoms with Crippen molar-refractivity contribution in [2.45, 2.75) is 19.3 Å². The van der Waals surface area contributed by atoms with Gasteiger partial charge in [-0.05, 0) is 37.3 Å². The Morgan fingerprint density at radius 3 is 2.30 bits per heavy atom. The molecule has 1 saturated heterocycles. The van der Waals surface area contributed by atoms with E-state index in [0.717, 1.165) is 18.4 Å². The van der Waals surface area contributed by atoms with Crippen LogP contribution in [0, 0.1) is 5.92 Å². The highest BCUT2D eigenvalue weighted by Gasteiger charge is 2.26. The van der Waals surface area contributed by atoms with Crippen LogP contribution in [0.4, 0.5) is 0 Å². The molecule has 1 heterocycles. The Morgan fingerprint density at radius 2 is 1.75 bits per heavy atom. The van der Waals surface area contributed by atoms with Crippen LogP contribution in [-0.2, 0) is 16.4 Å². The molecule has 0 bridgehead atoms. The lowest BCUT2D eigenvalue weighted by molar-refractivity contribution is 0.278. The molecule has 0 aliphatic carbocycles. The lowest BCUT2D eigenvalue weighted by Gasteiger charge is -2.30. The van der Waals surface area contributed by atoms with Crippen molar-refractivity contribution in [3.8, 4) is 0 Å². The van der Waals surface area contributed by atoms with E-state index in [4.69, 9.17) is 5.73 Å². The predicted octanol–water partition coefficient (Wildman–Crippen LogP) is 1.65. The Morgan fingerprint density at radius 1 is 1.15 bits per heavy atom. The fraction of sp³-hybridized carbons (Fsp3) is 0.571. The molecule has 0 aromatic heterocycles. The van der Waals surface area contributed by atoms with Crippen molar-refractivity contribution in [1.82, 2.24) is 4.31 Å². The number of rotatable bonds is 5. The minimum absolute atomic E-state index is 0. The Kier molecular flexibility index (Phi) is 6.95. The topological polar surface area (TPSA) is 63.4 Å². The lowest BCUT2D eigenvalue weighted by Crippen LogP contribution is -2.41. The Bertz CT molecular complexity index is 485. The van der Waals surface area contributed by atoms with E-state index in [0.29, 0.717) is 32.0 Å². The summed E-state index contributed by atoms with van der Waals surface area (Å²) in [5.41, 5.74) is 6.70. The summed E-state index contributed by atoms with van der Waals surface area (Å²) in [6, 6.07) is 9.76. The molecule has 1 fully saturated rings. The van der Waals surface area contributed by atoms with Gasteiger partial charge in [-0.15, -0.1) is 12.4 Å². The molecule has 0 spiro atoms. The Hall–Kier alpha value is -0.620. The molecule has 1 aliphatic heterocycles. The van der Waals surface area contributed by atoms with Crippen molar-refractivity contribution in [2.75, 3.05) is 25.4 Å². The predicted molar refractivity (Wildman–Crippen MR) is 84.5 cm³/mol. The zero-order valence-corrected chi connectivity index (χ0v) is 13.2. The zero-order valence-electron chi connectivity index (χ0n) is 11.6. The standard InChI is InChI=1S/C14H22N2O2S.ClH/c15-12-14-6-9-16(10-7-14)19(17,18)11-8-13-4-2-1-3-5-13;/h1-5,14H,6-12,15H2;1H. The largest absolute Gasteiger partial charge is 0.330 e. The van der Waals surface area contributed by atoms with Crippen LogP contribution in [0.25, 0.3) is 0 Å². The highest BCUT2D eigenvalue weighted by molar-refractivity contribution is 7.89. The highest BCUT2D eigenvalue weighted by atomic mass is 35.5. The van der Waals surface area contributed by atoms with Crippen LogP contribution in [0.1, 0.15) is 18.4 Å². The first-order valence-corrected chi connectivity index (χ1v) is 8.44. The maximum absolute atomic E-state index is 12.2. The molecule has 0 amide bonds. The fourth-order valence-corrected chi connectivity index (χ4v) is 3.96. The maximum Gasteiger partial charge on any atom is 0.214 e. The molecule has 114 valence electrons. The summed E-state index contributed by atoms with van der Waals surface area (Å²) in [7, 11) is -3.12. The molecule has 4 nitrogen and oxygen atoms in total. The molecule has 1 aliphatic rings. The Labute approximate surface area is 127 Å². The van der Waals surface area contributed by atoms with Crippen LogP contribution in [0.15, 0.2) is 30.3 Å². The molecule has 1 aromatic rings. The molecular formula is C14H23ClN2O2S. The number of nitrogens with zero attached hydrogens (tertiary/aromatic N) is 1. The van der Waals surface area contributed by atoms with E-state index < -0.39 is 10.0 Å². The van der Waals surface area contributed by atoms with Crippen molar-refractivity contribution in [3.63, 3.8) is 0 Å². The number of hydrogen-bond donors (Lipinski definition) is 1. The molecular weight excluding hydrogens is 296 g/mol. The summed E-state index contributed by atoms with van der Waals surface area (Å²) in [6.07, 6.45) is 2.36. The number of hydrogen-bond acceptors (Lipinski definition) is 3. The van der Waals surface area contributed by atoms with Gasteiger partial charge in [0.15, 0.2) is 0 Å². The first kappa shape index (κ1) is 17.4. The van der Waals surface area contributed by atoms with Crippen LogP contribution in [-0.4, -0.2) is 38.1 Å². The number of sulfonamides is 1. The van der Waals surface area contributed by atoms with Crippen LogP contribution in [0.3, 0.4) is 0 Å². The quantitative estimate of drug-likeness (QED) is 0.898. The van der Waals surface area contributed by atoms with Crippen LogP contribution >= 0.6 is 12.4 Å². The number of halogens is 1. The monoisotopic (exact) mass is 318 g/mol. The van der Waals surface area contributed by atoms with E-state index in [9.17, 15) is 8.42 Å². The van der Waals surface area contributed by atoms with Gasteiger partial charge in [0, 0.05) is 13.1 Å². The molecule has 1 aromatic carbocycles. The third-order valence-corrected chi connectivity index (χ3v) is 5.66. The molecule has 2 rings (SSSR count). The van der Waals surface area contributed by atoms with Crippen LogP contribution in [0.5, 0.6) is 0 Å². The van der Waals surface area contributed by atoms with Crippen molar-refractivity contribution in [3.05, 3.63) is 35.9 Å². The van der Waals surface area contributed by atoms with Gasteiger partial charge < -0.3 is 5.73 Å². The summed E-state index contributed by atoms with van der Waals surface area (Å²) in [5.74, 6) is 0.685. The Balaban J connectivity index is 0.00000200. The van der Waals surface area contributed by atoms with Gasteiger partial charge in [-0.2, -0.15) is 0 Å². The smallest absolute Gasteiger partial charge is 0.214 e. The zero-order chi connectivity index (χ0) is 13.7. The van der Waals surface area contributed by atoms with Crippen molar-refractivity contribution < 1.29 is 8.42 Å². The average Bonchev–Trinajstić information content (AvgIpc) is 2.46. The first-order valence-electron chi connectivity index (χ1n) is 6.83. The van der Waals surface area contributed by atoms with Gasteiger partial charge in [0.1, 0.15) is 0 Å². The van der Waals surface area contributed by atoms with Gasteiger partial charge in [0.2, 0.25) is 10.0 Å². The third-order valence-electron chi connectivity index (χ3n) is 3.79. The van der Waals surface area contributed by atoms with Crippen LogP contribution in [0.2, 0.25) is 0 Å². The average molecular weight is 319 g/mol. The maximum atomic E-state index is 12.2. The van der Waals surface area contributed by atoms with Gasteiger partial charge in [-0.1, -0.05) is 30.3 Å². The molecule has 6 heteroatoms. The number of aryl methyl sites for hydroxylation is 1. The third kappa shape index (κ3) is 4.74. The summed E-state index contributed by atoms with van der Waals surface area (Å²) in [5, 5.41) is 0. The molecule has 20 heavy (non-hydrogen) atoms. The molecule has 0 radical (unpaired) electrons. The van der Waals surface area contributed by atoms with Gasteiger partial charge in [0.05, 0.1) is 5.75 Å². The first-order chi connectivity index (χ1) is 9.12. The minimum atomic E-state index is -3.12. The fourth-order valence-electron chi connectivity index (χ4n) is 2.44. The van der Waals surface area contributed by atoms with Crippen molar-refractivity contribution in [2.24, 2.45) is 11.7 Å². The number of benzene rings is 1.